The first-order valence-corrected chi connectivity index (χ1v) is 26.4. The number of benzene rings is 9. The summed E-state index contributed by atoms with van der Waals surface area (Å²) < 4.78 is 5.23. The molecule has 0 unspecified atom stereocenters. The van der Waals surface area contributed by atoms with E-state index < -0.39 is 0 Å². The fraction of sp³-hybridized carbons (Fsp3) is 0.286. The van der Waals surface area contributed by atoms with Crippen molar-refractivity contribution in [3.63, 3.8) is 0 Å². The SMILES string of the molecule is Cc1cccc(C)c1-c1c2cc3c4cc(C(C)(C)C)cc5c6cc(C(C)(C)C)ccc6n(c3cc2c(-c2c(C)cccc2C)c2cc3c6cc(C(C)(C)C)cc7c8cc(C(C)(C)C)ccc8n(c3cc12)c76)c54. The predicted octanol–water partition coefficient (Wildman–Crippen LogP) is 20.1. The van der Waals surface area contributed by atoms with Crippen molar-refractivity contribution in [3.8, 4) is 22.3 Å². The highest BCUT2D eigenvalue weighted by Gasteiger charge is 2.30. The molecule has 0 N–H and O–H groups in total. The molecule has 0 aliphatic heterocycles. The van der Waals surface area contributed by atoms with Gasteiger partial charge < -0.3 is 8.80 Å². The zero-order chi connectivity index (χ0) is 50.6. The van der Waals surface area contributed by atoms with Crippen LogP contribution in [0.25, 0.3) is 120 Å². The van der Waals surface area contributed by atoms with E-state index in [1.165, 1.54) is 164 Å². The lowest BCUT2D eigenvalue weighted by Gasteiger charge is -2.23. The van der Waals surface area contributed by atoms with Crippen molar-refractivity contribution in [1.82, 2.24) is 8.80 Å². The Bertz CT molecular complexity index is 4160. The summed E-state index contributed by atoms with van der Waals surface area (Å²) in [4.78, 5) is 0. The van der Waals surface area contributed by atoms with Crippen LogP contribution < -0.4 is 0 Å². The van der Waals surface area contributed by atoms with Crippen molar-refractivity contribution in [3.05, 3.63) is 166 Å². The topological polar surface area (TPSA) is 8.82 Å². The summed E-state index contributed by atoms with van der Waals surface area (Å²) in [6, 6.07) is 48.8. The normalized spacial score (nSPS) is 13.6. The summed E-state index contributed by atoms with van der Waals surface area (Å²) in [6.45, 7) is 37.5. The molecule has 0 saturated heterocycles. The molecule has 0 amide bonds. The molecule has 0 aliphatic carbocycles. The fourth-order valence-corrected chi connectivity index (χ4v) is 13.1. The third kappa shape index (κ3) is 6.14. The zero-order valence-electron chi connectivity index (χ0n) is 45.4. The number of hydrogen-bond donors (Lipinski definition) is 0. The van der Waals surface area contributed by atoms with Crippen LogP contribution >= 0.6 is 0 Å². The van der Waals surface area contributed by atoms with Gasteiger partial charge in [-0.25, -0.2) is 0 Å². The van der Waals surface area contributed by atoms with E-state index >= 15 is 0 Å². The highest BCUT2D eigenvalue weighted by molar-refractivity contribution is 6.32. The summed E-state index contributed by atoms with van der Waals surface area (Å²) in [5, 5.41) is 15.9. The van der Waals surface area contributed by atoms with E-state index in [2.05, 4.69) is 241 Å². The van der Waals surface area contributed by atoms with Crippen LogP contribution in [0.5, 0.6) is 0 Å². The van der Waals surface area contributed by atoms with Crippen molar-refractivity contribution < 1.29 is 0 Å². The van der Waals surface area contributed by atoms with Gasteiger partial charge in [0.05, 0.1) is 33.1 Å². The standard InChI is InChI=1S/C70H68N2/c1-37-19-17-20-38(2)61(37)63-49-33-47-55-31-43(69(11,12)13)29-53-46-28-42(68(8,9)10)24-26-58(46)72(65(53)55)60(47)36-52(49)64(62-39(3)21-18-22-40(62)4)50-34-48-56-32-44(70(14,15)16)30-54-45-27-41(67(5,6)7)23-25-57(45)71(66(54)56)59(48)35-51(50)63/h17-36H,1-16H3. The molecule has 13 aromatic rings. The second-order valence-electron chi connectivity index (χ2n) is 26.1. The molecule has 2 nitrogen and oxygen atoms in total. The number of fused-ring (bicyclic) bond motifs is 14. The van der Waals surface area contributed by atoms with Crippen molar-refractivity contribution in [2.75, 3.05) is 0 Å². The first-order valence-electron chi connectivity index (χ1n) is 26.4. The summed E-state index contributed by atoms with van der Waals surface area (Å²) in [7, 11) is 0. The van der Waals surface area contributed by atoms with Gasteiger partial charge >= 0.3 is 0 Å². The molecule has 0 bridgehead atoms. The maximum absolute atomic E-state index is 2.62. The molecule has 0 fully saturated rings. The van der Waals surface area contributed by atoms with Gasteiger partial charge in [0.15, 0.2) is 0 Å². The van der Waals surface area contributed by atoms with Crippen LogP contribution in [0.2, 0.25) is 0 Å². The number of aromatic nitrogens is 2. The van der Waals surface area contributed by atoms with Crippen molar-refractivity contribution in [2.45, 2.75) is 132 Å². The molecule has 0 aliphatic rings. The molecule has 0 radical (unpaired) electrons. The molecule has 9 aromatic carbocycles. The predicted molar refractivity (Wildman–Crippen MR) is 315 cm³/mol. The summed E-state index contributed by atoms with van der Waals surface area (Å²) in [5.41, 5.74) is 23.7. The Kier molecular flexibility index (Phi) is 9.00. The molecule has 13 rings (SSSR count). The molecule has 4 heterocycles. The van der Waals surface area contributed by atoms with E-state index in [9.17, 15) is 0 Å². The van der Waals surface area contributed by atoms with E-state index in [1.807, 2.05) is 0 Å². The first-order chi connectivity index (χ1) is 33.9. The summed E-state index contributed by atoms with van der Waals surface area (Å²) >= 11 is 0. The minimum Gasteiger partial charge on any atom is -0.308 e. The third-order valence-electron chi connectivity index (χ3n) is 17.1. The van der Waals surface area contributed by atoms with E-state index in [-0.39, 0.29) is 21.7 Å². The minimum atomic E-state index is -0.0382. The Morgan fingerprint density at radius 1 is 0.250 bits per heavy atom. The lowest BCUT2D eigenvalue weighted by atomic mass is 9.80. The maximum Gasteiger partial charge on any atom is 0.0620 e. The molecule has 72 heavy (non-hydrogen) atoms. The van der Waals surface area contributed by atoms with E-state index in [0.717, 1.165) is 0 Å². The lowest BCUT2D eigenvalue weighted by Crippen LogP contribution is -2.11. The van der Waals surface area contributed by atoms with Crippen molar-refractivity contribution in [2.24, 2.45) is 0 Å². The van der Waals surface area contributed by atoms with Crippen molar-refractivity contribution >= 4 is 97.7 Å². The molecule has 2 heteroatoms. The van der Waals surface area contributed by atoms with Crippen LogP contribution in [0.3, 0.4) is 0 Å². The zero-order valence-corrected chi connectivity index (χ0v) is 45.4. The van der Waals surface area contributed by atoms with Crippen LogP contribution in [0.1, 0.15) is 128 Å². The molecular formula is C70H68N2. The largest absolute Gasteiger partial charge is 0.308 e. The van der Waals surface area contributed by atoms with E-state index in [4.69, 9.17) is 0 Å². The van der Waals surface area contributed by atoms with Gasteiger partial charge in [0.2, 0.25) is 0 Å². The average Bonchev–Trinajstić information content (AvgIpc) is 4.02. The molecule has 0 saturated carbocycles. The smallest absolute Gasteiger partial charge is 0.0620 e. The average molecular weight is 937 g/mol. The van der Waals surface area contributed by atoms with Gasteiger partial charge in [-0.05, 0) is 210 Å². The second kappa shape index (κ2) is 14.4. The molecule has 358 valence electrons. The van der Waals surface area contributed by atoms with E-state index in [0.29, 0.717) is 0 Å². The van der Waals surface area contributed by atoms with Crippen LogP contribution in [-0.2, 0) is 21.7 Å². The summed E-state index contributed by atoms with van der Waals surface area (Å²) in [5.74, 6) is 0. The van der Waals surface area contributed by atoms with Gasteiger partial charge in [-0.1, -0.05) is 132 Å². The number of rotatable bonds is 2. The number of nitrogens with zero attached hydrogens (tertiary/aromatic N) is 2. The van der Waals surface area contributed by atoms with Gasteiger partial charge in [-0.3, -0.25) is 0 Å². The Morgan fingerprint density at radius 2 is 0.528 bits per heavy atom. The van der Waals surface area contributed by atoms with Crippen LogP contribution in [0, 0.1) is 27.7 Å². The van der Waals surface area contributed by atoms with Gasteiger partial charge in [0, 0.05) is 43.1 Å². The molecular weight excluding hydrogens is 869 g/mol. The Morgan fingerprint density at radius 3 is 0.833 bits per heavy atom. The van der Waals surface area contributed by atoms with Crippen LogP contribution in [0.15, 0.2) is 121 Å². The van der Waals surface area contributed by atoms with Crippen LogP contribution in [0.4, 0.5) is 0 Å². The van der Waals surface area contributed by atoms with Crippen molar-refractivity contribution in [1.29, 1.82) is 0 Å². The fourth-order valence-electron chi connectivity index (χ4n) is 13.1. The molecule has 0 spiro atoms. The van der Waals surface area contributed by atoms with Gasteiger partial charge in [0.1, 0.15) is 0 Å². The molecule has 4 aromatic heterocycles. The molecule has 0 atom stereocenters. The maximum atomic E-state index is 2.62. The third-order valence-corrected chi connectivity index (χ3v) is 17.1. The second-order valence-corrected chi connectivity index (χ2v) is 26.1. The van der Waals surface area contributed by atoms with Crippen LogP contribution in [-0.4, -0.2) is 8.80 Å². The highest BCUT2D eigenvalue weighted by atomic mass is 14.9. The highest BCUT2D eigenvalue weighted by Crippen LogP contribution is 2.53. The van der Waals surface area contributed by atoms with Gasteiger partial charge in [-0.2, -0.15) is 0 Å². The monoisotopic (exact) mass is 937 g/mol. The minimum absolute atomic E-state index is 0.0299. The quantitative estimate of drug-likeness (QED) is 0.153. The lowest BCUT2D eigenvalue weighted by molar-refractivity contribution is 0.590. The van der Waals surface area contributed by atoms with E-state index in [1.54, 1.807) is 0 Å². The number of hydrogen-bond acceptors (Lipinski definition) is 0. The summed E-state index contributed by atoms with van der Waals surface area (Å²) in [6.07, 6.45) is 0. The Balaban J connectivity index is 1.30. The Hall–Kier alpha value is -6.90. The number of aryl methyl sites for hydroxylation is 4. The first kappa shape index (κ1) is 45.0. The Labute approximate surface area is 424 Å². The van der Waals surface area contributed by atoms with Gasteiger partial charge in [0.25, 0.3) is 0 Å². The van der Waals surface area contributed by atoms with Gasteiger partial charge in [-0.15, -0.1) is 0 Å².